The van der Waals surface area contributed by atoms with Crippen molar-refractivity contribution in [2.45, 2.75) is 19.3 Å². The fourth-order valence-corrected chi connectivity index (χ4v) is 2.17. The molecule has 5 heteroatoms. The van der Waals surface area contributed by atoms with Crippen molar-refractivity contribution in [1.82, 2.24) is 0 Å². The Morgan fingerprint density at radius 2 is 1.75 bits per heavy atom. The molecular weight excluding hydrogens is 227 g/mol. The Morgan fingerprint density at radius 3 is 2.19 bits per heavy atom. The number of ketones is 1. The number of hydrogen-bond acceptors (Lipinski definition) is 2. The van der Waals surface area contributed by atoms with Crippen LogP contribution in [0.2, 0.25) is 0 Å². The molecule has 0 fully saturated rings. The van der Waals surface area contributed by atoms with Gasteiger partial charge in [-0.2, -0.15) is 0 Å². The summed E-state index contributed by atoms with van der Waals surface area (Å²) in [5.41, 5.74) is -0.115. The highest BCUT2D eigenvalue weighted by Crippen LogP contribution is 2.37. The van der Waals surface area contributed by atoms with Crippen molar-refractivity contribution in [3.63, 3.8) is 0 Å². The molecule has 0 aliphatic rings. The molecule has 1 rings (SSSR count). The Bertz CT molecular complexity index is 419. The minimum absolute atomic E-state index is 0.452. The maximum Gasteiger partial charge on any atom is 0.332 e. The molecular formula is C11H15O4P. The molecule has 0 aliphatic heterocycles. The van der Waals surface area contributed by atoms with Gasteiger partial charge in [-0.3, -0.25) is 9.36 Å². The normalized spacial score (nSPS) is 12.5. The number of carbonyl (C=O) groups excluding carboxylic acids is 1. The summed E-state index contributed by atoms with van der Waals surface area (Å²) in [6, 6.07) is 8.96. The molecule has 88 valence electrons. The molecule has 0 saturated carbocycles. The second-order valence-electron chi connectivity index (χ2n) is 4.24. The van der Waals surface area contributed by atoms with Gasteiger partial charge in [0.1, 0.15) is 6.16 Å². The highest BCUT2D eigenvalue weighted by molar-refractivity contribution is 7.52. The van der Waals surface area contributed by atoms with E-state index in [-0.39, 0.29) is 0 Å². The molecule has 0 heterocycles. The van der Waals surface area contributed by atoms with Gasteiger partial charge in [0.2, 0.25) is 0 Å². The minimum Gasteiger partial charge on any atom is -0.324 e. The number of carbonyl (C=O) groups is 1. The molecule has 0 spiro atoms. The van der Waals surface area contributed by atoms with E-state index in [0.29, 0.717) is 0 Å². The number of hydrogen-bond donors (Lipinski definition) is 2. The van der Waals surface area contributed by atoms with Gasteiger partial charge >= 0.3 is 7.60 Å². The quantitative estimate of drug-likeness (QED) is 0.788. The van der Waals surface area contributed by atoms with E-state index in [1.807, 2.05) is 6.07 Å². The highest BCUT2D eigenvalue weighted by Gasteiger charge is 2.33. The van der Waals surface area contributed by atoms with Crippen molar-refractivity contribution in [2.24, 2.45) is 0 Å². The van der Waals surface area contributed by atoms with Crippen LogP contribution in [-0.2, 0) is 14.8 Å². The van der Waals surface area contributed by atoms with Crippen molar-refractivity contribution < 1.29 is 19.1 Å². The third-order valence-electron chi connectivity index (χ3n) is 2.54. The lowest BCUT2D eigenvalue weighted by Gasteiger charge is -2.23. The predicted octanol–water partition coefficient (Wildman–Crippen LogP) is 1.71. The molecule has 0 radical (unpaired) electrons. The lowest BCUT2D eigenvalue weighted by atomic mass is 9.81. The number of benzene rings is 1. The molecule has 1 aromatic carbocycles. The predicted molar refractivity (Wildman–Crippen MR) is 61.4 cm³/mol. The van der Waals surface area contributed by atoms with Crippen LogP contribution >= 0.6 is 7.60 Å². The van der Waals surface area contributed by atoms with E-state index in [4.69, 9.17) is 9.79 Å². The van der Waals surface area contributed by atoms with Crippen LogP contribution < -0.4 is 0 Å². The standard InChI is InChI=1S/C11H15O4P/c1-11(2,9-6-4-3-5-7-9)10(12)8-16(13,14)15/h3-7H,8H2,1-2H3,(H2,13,14,15). The van der Waals surface area contributed by atoms with Gasteiger partial charge in [0.25, 0.3) is 0 Å². The lowest BCUT2D eigenvalue weighted by Crippen LogP contribution is -2.31. The van der Waals surface area contributed by atoms with Crippen molar-refractivity contribution in [3.8, 4) is 0 Å². The van der Waals surface area contributed by atoms with Gasteiger partial charge in [-0.15, -0.1) is 0 Å². The van der Waals surface area contributed by atoms with Gasteiger partial charge in [-0.1, -0.05) is 30.3 Å². The summed E-state index contributed by atoms with van der Waals surface area (Å²) < 4.78 is 10.8. The number of Topliss-reactive ketones (excluding diaryl/α,β-unsaturated/α-hetero) is 1. The largest absolute Gasteiger partial charge is 0.332 e. The summed E-state index contributed by atoms with van der Waals surface area (Å²) in [5.74, 6) is -0.452. The lowest BCUT2D eigenvalue weighted by molar-refractivity contribution is -0.121. The first-order chi connectivity index (χ1) is 7.23. The van der Waals surface area contributed by atoms with Crippen molar-refractivity contribution in [3.05, 3.63) is 35.9 Å². The third-order valence-corrected chi connectivity index (χ3v) is 3.24. The minimum atomic E-state index is -4.29. The Morgan fingerprint density at radius 1 is 1.25 bits per heavy atom. The molecule has 0 amide bonds. The summed E-state index contributed by atoms with van der Waals surface area (Å²) in [6.07, 6.45) is -0.713. The maximum atomic E-state index is 11.8. The van der Waals surface area contributed by atoms with Gasteiger partial charge in [0, 0.05) is 5.41 Å². The zero-order chi connectivity index (χ0) is 12.4. The van der Waals surface area contributed by atoms with E-state index < -0.39 is 25.0 Å². The van der Waals surface area contributed by atoms with Gasteiger partial charge in [-0.05, 0) is 19.4 Å². The van der Waals surface area contributed by atoms with Crippen LogP contribution in [0.3, 0.4) is 0 Å². The SMILES string of the molecule is CC(C)(C(=O)CP(=O)(O)O)c1ccccc1. The van der Waals surface area contributed by atoms with Crippen LogP contribution in [0.4, 0.5) is 0 Å². The van der Waals surface area contributed by atoms with Crippen molar-refractivity contribution >= 4 is 13.4 Å². The number of rotatable bonds is 4. The summed E-state index contributed by atoms with van der Waals surface area (Å²) in [4.78, 5) is 29.4. The molecule has 0 saturated heterocycles. The Labute approximate surface area is 94.5 Å². The average Bonchev–Trinajstić information content (AvgIpc) is 2.16. The fourth-order valence-electron chi connectivity index (χ4n) is 1.40. The second-order valence-corrected chi connectivity index (χ2v) is 5.88. The third kappa shape index (κ3) is 3.27. The van der Waals surface area contributed by atoms with Gasteiger partial charge in [-0.25, -0.2) is 0 Å². The Hall–Kier alpha value is -0.960. The van der Waals surface area contributed by atoms with Crippen molar-refractivity contribution in [2.75, 3.05) is 6.16 Å². The van der Waals surface area contributed by atoms with E-state index >= 15 is 0 Å². The zero-order valence-corrected chi connectivity index (χ0v) is 10.1. The smallest absolute Gasteiger partial charge is 0.324 e. The molecule has 0 aliphatic carbocycles. The molecule has 0 unspecified atom stereocenters. The van der Waals surface area contributed by atoms with Gasteiger partial charge in [0.05, 0.1) is 0 Å². The van der Waals surface area contributed by atoms with Crippen molar-refractivity contribution in [1.29, 1.82) is 0 Å². The van der Waals surface area contributed by atoms with Crippen LogP contribution in [-0.4, -0.2) is 21.7 Å². The molecule has 0 bridgehead atoms. The summed E-state index contributed by atoms with van der Waals surface area (Å²) in [5, 5.41) is 0. The Kier molecular flexibility index (Phi) is 3.68. The van der Waals surface area contributed by atoms with Crippen LogP contribution in [0.1, 0.15) is 19.4 Å². The molecule has 2 N–H and O–H groups in total. The fraction of sp³-hybridized carbons (Fsp3) is 0.364. The Balaban J connectivity index is 2.95. The van der Waals surface area contributed by atoms with E-state index in [0.717, 1.165) is 5.56 Å². The van der Waals surface area contributed by atoms with E-state index in [2.05, 4.69) is 0 Å². The molecule has 16 heavy (non-hydrogen) atoms. The first-order valence-corrected chi connectivity index (χ1v) is 6.66. The van der Waals surface area contributed by atoms with Crippen LogP contribution in [0.15, 0.2) is 30.3 Å². The first kappa shape index (κ1) is 13.1. The van der Waals surface area contributed by atoms with Gasteiger partial charge in [0.15, 0.2) is 5.78 Å². The van der Waals surface area contributed by atoms with Crippen LogP contribution in [0.5, 0.6) is 0 Å². The van der Waals surface area contributed by atoms with Crippen LogP contribution in [0, 0.1) is 0 Å². The first-order valence-electron chi connectivity index (χ1n) is 4.87. The zero-order valence-electron chi connectivity index (χ0n) is 9.25. The summed E-state index contributed by atoms with van der Waals surface area (Å²) in [7, 11) is -4.29. The average molecular weight is 242 g/mol. The summed E-state index contributed by atoms with van der Waals surface area (Å²) >= 11 is 0. The van der Waals surface area contributed by atoms with Crippen LogP contribution in [0.25, 0.3) is 0 Å². The highest BCUT2D eigenvalue weighted by atomic mass is 31.2. The van der Waals surface area contributed by atoms with E-state index in [9.17, 15) is 9.36 Å². The molecule has 0 aromatic heterocycles. The molecule has 1 aromatic rings. The topological polar surface area (TPSA) is 74.6 Å². The molecule has 4 nitrogen and oxygen atoms in total. The van der Waals surface area contributed by atoms with E-state index in [1.54, 1.807) is 38.1 Å². The van der Waals surface area contributed by atoms with E-state index in [1.165, 1.54) is 0 Å². The molecule has 0 atom stereocenters. The maximum absolute atomic E-state index is 11.8. The second kappa shape index (κ2) is 4.50. The van der Waals surface area contributed by atoms with Gasteiger partial charge < -0.3 is 9.79 Å². The summed E-state index contributed by atoms with van der Waals surface area (Å²) in [6.45, 7) is 3.33. The monoisotopic (exact) mass is 242 g/mol.